The van der Waals surface area contributed by atoms with E-state index >= 15 is 0 Å². The van der Waals surface area contributed by atoms with Gasteiger partial charge in [0.2, 0.25) is 0 Å². The summed E-state index contributed by atoms with van der Waals surface area (Å²) < 4.78 is 0. The molecule has 0 spiro atoms. The lowest BCUT2D eigenvalue weighted by molar-refractivity contribution is 0.0957. The lowest BCUT2D eigenvalue weighted by atomic mass is 9.93. The van der Waals surface area contributed by atoms with Gasteiger partial charge in [-0.2, -0.15) is 0 Å². The van der Waals surface area contributed by atoms with Crippen molar-refractivity contribution in [3.63, 3.8) is 0 Å². The Bertz CT molecular complexity index is 461. The minimum atomic E-state index is -0.146. The highest BCUT2D eigenvalue weighted by Gasteiger charge is 2.19. The predicted octanol–water partition coefficient (Wildman–Crippen LogP) is 1.03. The molecule has 5 nitrogen and oxygen atoms in total. The van der Waals surface area contributed by atoms with Crippen LogP contribution in [0.5, 0.6) is 0 Å². The molecule has 0 radical (unpaired) electrons. The number of aromatic nitrogens is 2. The molecule has 1 aromatic heterocycles. The second-order valence-corrected chi connectivity index (χ2v) is 5.35. The molecule has 1 N–H and O–H groups in total. The van der Waals surface area contributed by atoms with E-state index in [0.29, 0.717) is 17.4 Å². The molecular weight excluding hydrogens is 240 g/mol. The van der Waals surface area contributed by atoms with Crippen LogP contribution >= 0.6 is 0 Å². The summed E-state index contributed by atoms with van der Waals surface area (Å²) in [5.74, 6) is 1.15. The van der Waals surface area contributed by atoms with Gasteiger partial charge in [0, 0.05) is 19.3 Å². The molecule has 1 fully saturated rings. The van der Waals surface area contributed by atoms with E-state index in [1.807, 2.05) is 13.0 Å². The molecule has 5 heteroatoms. The number of rotatable bonds is 3. The van der Waals surface area contributed by atoms with Crippen LogP contribution in [0, 0.1) is 12.8 Å². The number of nitrogens with zero attached hydrogens (tertiary/aromatic N) is 3. The molecule has 19 heavy (non-hydrogen) atoms. The highest BCUT2D eigenvalue weighted by Crippen LogP contribution is 2.19. The van der Waals surface area contributed by atoms with E-state index in [4.69, 9.17) is 0 Å². The minimum Gasteiger partial charge on any atom is -0.354 e. The molecule has 0 bridgehead atoms. The maximum Gasteiger partial charge on any atom is 0.269 e. The molecule has 1 aliphatic rings. The Labute approximate surface area is 114 Å². The molecule has 0 saturated carbocycles. The monoisotopic (exact) mass is 262 g/mol. The maximum absolute atomic E-state index is 11.7. The largest absolute Gasteiger partial charge is 0.354 e. The number of piperidine rings is 1. The zero-order chi connectivity index (χ0) is 13.8. The van der Waals surface area contributed by atoms with Gasteiger partial charge in [-0.25, -0.2) is 9.97 Å². The van der Waals surface area contributed by atoms with Crippen LogP contribution in [0.25, 0.3) is 0 Å². The summed E-state index contributed by atoms with van der Waals surface area (Å²) in [5.41, 5.74) is 1.44. The molecule has 1 aromatic rings. The van der Waals surface area contributed by atoms with Crippen molar-refractivity contribution in [3.05, 3.63) is 23.3 Å². The molecule has 104 valence electrons. The van der Waals surface area contributed by atoms with Gasteiger partial charge in [-0.15, -0.1) is 0 Å². The molecule has 1 saturated heterocycles. The van der Waals surface area contributed by atoms with Crippen LogP contribution in [0.1, 0.15) is 34.8 Å². The van der Waals surface area contributed by atoms with E-state index in [9.17, 15) is 4.79 Å². The third-order valence-corrected chi connectivity index (χ3v) is 3.57. The Kier molecular flexibility index (Phi) is 4.47. The molecule has 1 atom stereocenters. The average Bonchev–Trinajstić information content (AvgIpc) is 2.37. The molecule has 2 heterocycles. The van der Waals surface area contributed by atoms with Crippen molar-refractivity contribution in [2.45, 2.75) is 26.2 Å². The summed E-state index contributed by atoms with van der Waals surface area (Å²) in [6.45, 7) is 4.13. The number of carbonyl (C=O) groups is 1. The number of hydrogen-bond donors (Lipinski definition) is 1. The van der Waals surface area contributed by atoms with Crippen LogP contribution in [0.3, 0.4) is 0 Å². The third-order valence-electron chi connectivity index (χ3n) is 3.57. The number of likely N-dealkylation sites (tertiary alicyclic amines) is 1. The van der Waals surface area contributed by atoms with Gasteiger partial charge in [-0.1, -0.05) is 0 Å². The predicted molar refractivity (Wildman–Crippen MR) is 74.1 cm³/mol. The highest BCUT2D eigenvalue weighted by molar-refractivity contribution is 5.92. The summed E-state index contributed by atoms with van der Waals surface area (Å²) in [6, 6.07) is 1.82. The minimum absolute atomic E-state index is 0.146. The lowest BCUT2D eigenvalue weighted by Gasteiger charge is -2.29. The van der Waals surface area contributed by atoms with Crippen LogP contribution in [0.4, 0.5) is 0 Å². The Morgan fingerprint density at radius 1 is 1.53 bits per heavy atom. The van der Waals surface area contributed by atoms with Crippen LogP contribution in [-0.4, -0.2) is 48.0 Å². The Morgan fingerprint density at radius 3 is 3.00 bits per heavy atom. The standard InChI is InChI=1S/C14H22N4O/c1-10-16-12(8-13(17-10)14(19)15-2)7-11-5-4-6-18(3)9-11/h8,11H,4-7,9H2,1-3H3,(H,15,19). The smallest absolute Gasteiger partial charge is 0.269 e. The zero-order valence-corrected chi connectivity index (χ0v) is 11.9. The number of amides is 1. The van der Waals surface area contributed by atoms with E-state index in [1.54, 1.807) is 7.05 Å². The fraction of sp³-hybridized carbons (Fsp3) is 0.643. The van der Waals surface area contributed by atoms with Crippen molar-refractivity contribution in [2.75, 3.05) is 27.2 Å². The van der Waals surface area contributed by atoms with Crippen LogP contribution in [-0.2, 0) is 6.42 Å². The molecule has 1 amide bonds. The first-order valence-electron chi connectivity index (χ1n) is 6.83. The first kappa shape index (κ1) is 13.9. The molecule has 1 aliphatic heterocycles. The normalized spacial score (nSPS) is 20.3. The SMILES string of the molecule is CNC(=O)c1cc(CC2CCCN(C)C2)nc(C)n1. The topological polar surface area (TPSA) is 58.1 Å². The number of hydrogen-bond acceptors (Lipinski definition) is 4. The Hall–Kier alpha value is -1.49. The summed E-state index contributed by atoms with van der Waals surface area (Å²) in [5, 5.41) is 2.61. The fourth-order valence-corrected chi connectivity index (χ4v) is 2.71. The molecule has 2 rings (SSSR count). The first-order chi connectivity index (χ1) is 9.08. The van der Waals surface area contributed by atoms with Crippen LogP contribution in [0.15, 0.2) is 6.07 Å². The zero-order valence-electron chi connectivity index (χ0n) is 11.9. The average molecular weight is 262 g/mol. The van der Waals surface area contributed by atoms with Gasteiger partial charge in [0.05, 0.1) is 0 Å². The van der Waals surface area contributed by atoms with Crippen molar-refractivity contribution in [1.82, 2.24) is 20.2 Å². The Balaban J connectivity index is 2.11. The molecule has 1 unspecified atom stereocenters. The lowest BCUT2D eigenvalue weighted by Crippen LogP contribution is -2.33. The van der Waals surface area contributed by atoms with Crippen LogP contribution in [0.2, 0.25) is 0 Å². The third kappa shape index (κ3) is 3.73. The molecule has 0 aliphatic carbocycles. The number of carbonyl (C=O) groups excluding carboxylic acids is 1. The first-order valence-corrected chi connectivity index (χ1v) is 6.83. The van der Waals surface area contributed by atoms with E-state index in [2.05, 4.69) is 27.2 Å². The second kappa shape index (κ2) is 6.10. The van der Waals surface area contributed by atoms with Gasteiger partial charge < -0.3 is 10.2 Å². The van der Waals surface area contributed by atoms with Gasteiger partial charge in [-0.05, 0) is 51.8 Å². The number of aryl methyl sites for hydroxylation is 1. The van der Waals surface area contributed by atoms with E-state index in [1.165, 1.54) is 19.4 Å². The summed E-state index contributed by atoms with van der Waals surface area (Å²) in [4.78, 5) is 22.7. The molecular formula is C14H22N4O. The van der Waals surface area contributed by atoms with E-state index in [0.717, 1.165) is 18.7 Å². The van der Waals surface area contributed by atoms with Gasteiger partial charge in [0.25, 0.3) is 5.91 Å². The number of nitrogens with one attached hydrogen (secondary N) is 1. The summed E-state index contributed by atoms with van der Waals surface area (Å²) >= 11 is 0. The van der Waals surface area contributed by atoms with E-state index < -0.39 is 0 Å². The van der Waals surface area contributed by atoms with Crippen molar-refractivity contribution < 1.29 is 4.79 Å². The van der Waals surface area contributed by atoms with Gasteiger partial charge in [0.1, 0.15) is 11.5 Å². The quantitative estimate of drug-likeness (QED) is 0.884. The maximum atomic E-state index is 11.7. The van der Waals surface area contributed by atoms with Crippen molar-refractivity contribution in [2.24, 2.45) is 5.92 Å². The van der Waals surface area contributed by atoms with E-state index in [-0.39, 0.29) is 5.91 Å². The van der Waals surface area contributed by atoms with Crippen LogP contribution < -0.4 is 5.32 Å². The van der Waals surface area contributed by atoms with Crippen molar-refractivity contribution in [3.8, 4) is 0 Å². The summed E-state index contributed by atoms with van der Waals surface area (Å²) in [7, 11) is 3.78. The fourth-order valence-electron chi connectivity index (χ4n) is 2.71. The Morgan fingerprint density at radius 2 is 2.32 bits per heavy atom. The van der Waals surface area contributed by atoms with Gasteiger partial charge in [0.15, 0.2) is 0 Å². The summed E-state index contributed by atoms with van der Waals surface area (Å²) in [6.07, 6.45) is 3.41. The molecule has 0 aromatic carbocycles. The highest BCUT2D eigenvalue weighted by atomic mass is 16.1. The van der Waals surface area contributed by atoms with Gasteiger partial charge >= 0.3 is 0 Å². The van der Waals surface area contributed by atoms with Gasteiger partial charge in [-0.3, -0.25) is 4.79 Å². The van der Waals surface area contributed by atoms with Crippen molar-refractivity contribution >= 4 is 5.91 Å². The second-order valence-electron chi connectivity index (χ2n) is 5.35. The van der Waals surface area contributed by atoms with Crippen molar-refractivity contribution in [1.29, 1.82) is 0 Å².